The van der Waals surface area contributed by atoms with E-state index in [-0.39, 0.29) is 16.2 Å². The molecule has 0 saturated carbocycles. The minimum absolute atomic E-state index is 0.00758. The largest absolute Gasteiger partial charge is 0.354 e. The highest BCUT2D eigenvalue weighted by atomic mass is 32.2. The maximum atomic E-state index is 11.5. The Morgan fingerprint density at radius 3 is 2.13 bits per heavy atom. The van der Waals surface area contributed by atoms with E-state index in [9.17, 15) is 4.79 Å². The molecular formula is C11H24N2OS. The Labute approximate surface area is 97.8 Å². The molecule has 1 amide bonds. The summed E-state index contributed by atoms with van der Waals surface area (Å²) < 4.78 is 0.109. The normalized spacial score (nSPS) is 12.7. The maximum Gasteiger partial charge on any atom is 0.234 e. The molecule has 90 valence electrons. The van der Waals surface area contributed by atoms with Gasteiger partial charge in [0.25, 0.3) is 0 Å². The molecular weight excluding hydrogens is 208 g/mol. The van der Waals surface area contributed by atoms with Crippen molar-refractivity contribution in [3.05, 3.63) is 0 Å². The van der Waals surface area contributed by atoms with E-state index in [0.717, 1.165) is 0 Å². The summed E-state index contributed by atoms with van der Waals surface area (Å²) in [5.74, 6) is 0.0621. The third-order valence-electron chi connectivity index (χ3n) is 2.04. The number of hydrogen-bond donors (Lipinski definition) is 2. The Morgan fingerprint density at radius 2 is 1.73 bits per heavy atom. The van der Waals surface area contributed by atoms with Crippen LogP contribution in [-0.4, -0.2) is 35.5 Å². The lowest BCUT2D eigenvalue weighted by Gasteiger charge is -2.24. The Morgan fingerprint density at radius 1 is 1.20 bits per heavy atom. The summed E-state index contributed by atoms with van der Waals surface area (Å²) in [4.78, 5) is 11.5. The standard InChI is InChI=1S/C11H24N2OS/c1-10(2,3)13-7-9(14)12-8-11(4,5)15-6/h13H,7-8H2,1-6H3,(H,12,14). The van der Waals surface area contributed by atoms with Crippen molar-refractivity contribution in [1.29, 1.82) is 0 Å². The maximum absolute atomic E-state index is 11.5. The van der Waals surface area contributed by atoms with Crippen LogP contribution in [0.2, 0.25) is 0 Å². The molecule has 0 fully saturated rings. The van der Waals surface area contributed by atoms with Crippen molar-refractivity contribution in [2.45, 2.75) is 44.9 Å². The number of hydrogen-bond acceptors (Lipinski definition) is 3. The monoisotopic (exact) mass is 232 g/mol. The predicted molar refractivity (Wildman–Crippen MR) is 68.4 cm³/mol. The van der Waals surface area contributed by atoms with E-state index in [1.807, 2.05) is 20.8 Å². The van der Waals surface area contributed by atoms with Crippen LogP contribution in [0, 0.1) is 0 Å². The summed E-state index contributed by atoms with van der Waals surface area (Å²) in [7, 11) is 0. The van der Waals surface area contributed by atoms with Gasteiger partial charge in [-0.1, -0.05) is 0 Å². The van der Waals surface area contributed by atoms with Crippen LogP contribution >= 0.6 is 11.8 Å². The molecule has 0 unspecified atom stereocenters. The van der Waals surface area contributed by atoms with Crippen molar-refractivity contribution in [3.8, 4) is 0 Å². The first-order chi connectivity index (χ1) is 6.66. The fraction of sp³-hybridized carbons (Fsp3) is 0.909. The molecule has 0 rings (SSSR count). The molecule has 3 nitrogen and oxygen atoms in total. The number of thioether (sulfide) groups is 1. The average Bonchev–Trinajstić information content (AvgIpc) is 2.10. The third kappa shape index (κ3) is 8.75. The van der Waals surface area contributed by atoms with Crippen LogP contribution in [0.1, 0.15) is 34.6 Å². The summed E-state index contributed by atoms with van der Waals surface area (Å²) in [6.07, 6.45) is 2.06. The highest BCUT2D eigenvalue weighted by Crippen LogP contribution is 2.19. The number of carbonyl (C=O) groups excluding carboxylic acids is 1. The number of rotatable bonds is 5. The molecule has 0 aromatic heterocycles. The van der Waals surface area contributed by atoms with Crippen molar-refractivity contribution in [2.24, 2.45) is 0 Å². The van der Waals surface area contributed by atoms with Crippen molar-refractivity contribution in [1.82, 2.24) is 10.6 Å². The van der Waals surface area contributed by atoms with Gasteiger partial charge in [0.15, 0.2) is 0 Å². The van der Waals surface area contributed by atoms with Gasteiger partial charge in [0.2, 0.25) is 5.91 Å². The highest BCUT2D eigenvalue weighted by molar-refractivity contribution is 7.99. The first-order valence-corrected chi connectivity index (χ1v) is 6.46. The van der Waals surface area contributed by atoms with Crippen LogP contribution in [0.4, 0.5) is 0 Å². The van der Waals surface area contributed by atoms with E-state index in [1.54, 1.807) is 11.8 Å². The smallest absolute Gasteiger partial charge is 0.234 e. The molecule has 2 N–H and O–H groups in total. The SMILES string of the molecule is CSC(C)(C)CNC(=O)CNC(C)(C)C. The van der Waals surface area contributed by atoms with Crippen molar-refractivity contribution in [3.63, 3.8) is 0 Å². The molecule has 0 atom stereocenters. The first kappa shape index (κ1) is 14.8. The quantitative estimate of drug-likeness (QED) is 0.757. The Bertz CT molecular complexity index is 209. The summed E-state index contributed by atoms with van der Waals surface area (Å²) in [6.45, 7) is 11.5. The minimum atomic E-state index is -0.00758. The van der Waals surface area contributed by atoms with E-state index in [4.69, 9.17) is 0 Å². The zero-order chi connectivity index (χ0) is 12.1. The average molecular weight is 232 g/mol. The molecule has 0 aromatic carbocycles. The van der Waals surface area contributed by atoms with Gasteiger partial charge in [-0.15, -0.1) is 0 Å². The van der Waals surface area contributed by atoms with Crippen LogP contribution in [0.3, 0.4) is 0 Å². The Kier molecular flexibility index (Phi) is 5.67. The van der Waals surface area contributed by atoms with Gasteiger partial charge < -0.3 is 10.6 Å². The van der Waals surface area contributed by atoms with Crippen LogP contribution in [0.15, 0.2) is 0 Å². The summed E-state index contributed by atoms with van der Waals surface area (Å²) >= 11 is 1.76. The van der Waals surface area contributed by atoms with E-state index in [1.165, 1.54) is 0 Å². The second kappa shape index (κ2) is 5.75. The van der Waals surface area contributed by atoms with Gasteiger partial charge in [-0.05, 0) is 40.9 Å². The summed E-state index contributed by atoms with van der Waals surface area (Å²) in [6, 6.07) is 0. The van der Waals surface area contributed by atoms with Gasteiger partial charge in [0.05, 0.1) is 6.54 Å². The van der Waals surface area contributed by atoms with Gasteiger partial charge in [0.1, 0.15) is 0 Å². The van der Waals surface area contributed by atoms with E-state index in [2.05, 4.69) is 30.7 Å². The molecule has 0 bridgehead atoms. The molecule has 0 aliphatic rings. The molecule has 15 heavy (non-hydrogen) atoms. The molecule has 0 heterocycles. The number of nitrogens with one attached hydrogen (secondary N) is 2. The van der Waals surface area contributed by atoms with Crippen LogP contribution in [-0.2, 0) is 4.79 Å². The lowest BCUT2D eigenvalue weighted by Crippen LogP contribution is -2.45. The van der Waals surface area contributed by atoms with Crippen LogP contribution < -0.4 is 10.6 Å². The second-order valence-electron chi connectivity index (χ2n) is 5.34. The van der Waals surface area contributed by atoms with Crippen molar-refractivity contribution in [2.75, 3.05) is 19.3 Å². The molecule has 0 spiro atoms. The van der Waals surface area contributed by atoms with Gasteiger partial charge in [-0.25, -0.2) is 0 Å². The lowest BCUT2D eigenvalue weighted by molar-refractivity contribution is -0.120. The van der Waals surface area contributed by atoms with Crippen LogP contribution in [0.5, 0.6) is 0 Å². The molecule has 0 aliphatic carbocycles. The number of carbonyl (C=O) groups is 1. The fourth-order valence-corrected chi connectivity index (χ4v) is 1.01. The van der Waals surface area contributed by atoms with E-state index < -0.39 is 0 Å². The summed E-state index contributed by atoms with van der Waals surface area (Å²) in [5, 5.41) is 6.08. The predicted octanol–water partition coefficient (Wildman–Crippen LogP) is 1.63. The second-order valence-corrected chi connectivity index (χ2v) is 6.86. The minimum Gasteiger partial charge on any atom is -0.354 e. The first-order valence-electron chi connectivity index (χ1n) is 5.23. The molecule has 4 heteroatoms. The van der Waals surface area contributed by atoms with E-state index in [0.29, 0.717) is 13.1 Å². The van der Waals surface area contributed by atoms with Gasteiger partial charge in [-0.2, -0.15) is 11.8 Å². The molecule has 0 saturated heterocycles. The van der Waals surface area contributed by atoms with Gasteiger partial charge >= 0.3 is 0 Å². The fourth-order valence-electron chi connectivity index (χ4n) is 0.792. The topological polar surface area (TPSA) is 41.1 Å². The Hall–Kier alpha value is -0.220. The van der Waals surface area contributed by atoms with Crippen molar-refractivity contribution < 1.29 is 4.79 Å². The highest BCUT2D eigenvalue weighted by Gasteiger charge is 2.17. The Balaban J connectivity index is 3.77. The van der Waals surface area contributed by atoms with Crippen molar-refractivity contribution >= 4 is 17.7 Å². The van der Waals surface area contributed by atoms with Crippen LogP contribution in [0.25, 0.3) is 0 Å². The summed E-state index contributed by atoms with van der Waals surface area (Å²) in [5.41, 5.74) is -0.00758. The zero-order valence-electron chi connectivity index (χ0n) is 10.7. The molecule has 0 radical (unpaired) electrons. The molecule has 0 aliphatic heterocycles. The lowest BCUT2D eigenvalue weighted by atomic mass is 10.1. The zero-order valence-corrected chi connectivity index (χ0v) is 11.5. The van der Waals surface area contributed by atoms with Gasteiger partial charge in [-0.3, -0.25) is 4.79 Å². The number of amides is 1. The molecule has 0 aromatic rings. The van der Waals surface area contributed by atoms with E-state index >= 15 is 0 Å². The third-order valence-corrected chi connectivity index (χ3v) is 3.29. The van der Waals surface area contributed by atoms with Gasteiger partial charge in [0, 0.05) is 16.8 Å².